The highest BCUT2D eigenvalue weighted by atomic mass is 15.0. The van der Waals surface area contributed by atoms with Gasteiger partial charge < -0.3 is 4.57 Å². The number of nitrogens with zero attached hydrogens (tertiary/aromatic N) is 1. The van der Waals surface area contributed by atoms with Crippen molar-refractivity contribution < 1.29 is 0 Å². The highest BCUT2D eigenvalue weighted by Crippen LogP contribution is 2.33. The first-order valence-corrected chi connectivity index (χ1v) is 8.10. The Morgan fingerprint density at radius 2 is 1.25 bits per heavy atom. The Bertz CT molecular complexity index is 1210. The smallest absolute Gasteiger partial charge is 0.114 e. The van der Waals surface area contributed by atoms with E-state index in [1.54, 1.807) is 0 Å². The fourth-order valence-corrected chi connectivity index (χ4v) is 3.71. The fraction of sp³-hybridized carbons (Fsp3) is 0. The lowest BCUT2D eigenvalue weighted by atomic mass is 9.91. The first kappa shape index (κ1) is 13.4. The Kier molecular flexibility index (Phi) is 2.80. The number of benzene rings is 4. The molecule has 2 heteroatoms. The molecule has 1 aromatic heterocycles. The number of hydrogen-bond donors (Lipinski definition) is 0. The van der Waals surface area contributed by atoms with E-state index in [1.165, 1.54) is 27.4 Å². The van der Waals surface area contributed by atoms with Crippen LogP contribution in [0.3, 0.4) is 0 Å². The summed E-state index contributed by atoms with van der Waals surface area (Å²) in [5.41, 5.74) is 4.34. The summed E-state index contributed by atoms with van der Waals surface area (Å²) < 4.78 is 2.32. The molecular weight excluding hydrogens is 289 g/mol. The molecule has 0 bridgehead atoms. The standard InChI is InChI=1S/C22H14BN/c23-18-11-6-14-21-22(18)17-10-3-4-12-20(17)24(21)19-13-5-8-15-7-1-2-9-16(15)19/h1-14H. The van der Waals surface area contributed by atoms with E-state index in [0.717, 1.165) is 16.4 Å². The topological polar surface area (TPSA) is 4.93 Å². The zero-order valence-corrected chi connectivity index (χ0v) is 13.1. The van der Waals surface area contributed by atoms with Crippen molar-refractivity contribution in [3.8, 4) is 5.69 Å². The highest BCUT2D eigenvalue weighted by Gasteiger charge is 2.14. The number of rotatable bonds is 1. The second-order valence-electron chi connectivity index (χ2n) is 6.09. The maximum absolute atomic E-state index is 6.31. The number of hydrogen-bond acceptors (Lipinski definition) is 0. The average Bonchev–Trinajstić information content (AvgIpc) is 2.97. The average molecular weight is 303 g/mol. The first-order valence-electron chi connectivity index (χ1n) is 8.10. The van der Waals surface area contributed by atoms with Crippen molar-refractivity contribution in [3.05, 3.63) is 84.9 Å². The second kappa shape index (κ2) is 5.00. The van der Waals surface area contributed by atoms with Crippen LogP contribution in [0.25, 0.3) is 38.3 Å². The van der Waals surface area contributed by atoms with Crippen molar-refractivity contribution >= 4 is 45.9 Å². The van der Waals surface area contributed by atoms with E-state index in [9.17, 15) is 0 Å². The maximum Gasteiger partial charge on any atom is 0.114 e. The molecule has 1 nitrogen and oxygen atoms in total. The lowest BCUT2D eigenvalue weighted by molar-refractivity contribution is 1.20. The molecule has 0 N–H and O–H groups in total. The molecular formula is C22H14BN. The van der Waals surface area contributed by atoms with E-state index in [0.29, 0.717) is 0 Å². The van der Waals surface area contributed by atoms with Crippen molar-refractivity contribution in [1.29, 1.82) is 0 Å². The summed E-state index contributed by atoms with van der Waals surface area (Å²) in [6, 6.07) is 29.6. The van der Waals surface area contributed by atoms with Gasteiger partial charge in [0.2, 0.25) is 0 Å². The van der Waals surface area contributed by atoms with Crippen LogP contribution in [0, 0.1) is 0 Å². The van der Waals surface area contributed by atoms with E-state index in [2.05, 4.69) is 77.4 Å². The second-order valence-corrected chi connectivity index (χ2v) is 6.09. The molecule has 0 aliphatic rings. The van der Waals surface area contributed by atoms with Gasteiger partial charge >= 0.3 is 0 Å². The molecule has 0 fully saturated rings. The number of aromatic nitrogens is 1. The maximum atomic E-state index is 6.31. The van der Waals surface area contributed by atoms with Crippen molar-refractivity contribution in [2.24, 2.45) is 0 Å². The zero-order valence-electron chi connectivity index (χ0n) is 13.1. The van der Waals surface area contributed by atoms with Gasteiger partial charge in [-0.25, -0.2) is 0 Å². The van der Waals surface area contributed by atoms with Crippen LogP contribution >= 0.6 is 0 Å². The van der Waals surface area contributed by atoms with E-state index in [-0.39, 0.29) is 0 Å². The molecule has 0 atom stereocenters. The molecule has 0 aliphatic heterocycles. The lowest BCUT2D eigenvalue weighted by Crippen LogP contribution is -2.02. The summed E-state index contributed by atoms with van der Waals surface area (Å²) >= 11 is 0. The van der Waals surface area contributed by atoms with Crippen LogP contribution in [0.2, 0.25) is 0 Å². The van der Waals surface area contributed by atoms with Crippen molar-refractivity contribution in [1.82, 2.24) is 4.57 Å². The summed E-state index contributed by atoms with van der Waals surface area (Å²) in [7, 11) is 6.31. The van der Waals surface area contributed by atoms with Gasteiger partial charge in [0.05, 0.1) is 16.7 Å². The van der Waals surface area contributed by atoms with E-state index >= 15 is 0 Å². The Morgan fingerprint density at radius 3 is 2.17 bits per heavy atom. The van der Waals surface area contributed by atoms with Gasteiger partial charge in [-0.05, 0) is 23.6 Å². The van der Waals surface area contributed by atoms with Gasteiger partial charge in [0, 0.05) is 16.2 Å². The zero-order chi connectivity index (χ0) is 16.1. The fourth-order valence-electron chi connectivity index (χ4n) is 3.71. The van der Waals surface area contributed by atoms with Gasteiger partial charge in [-0.15, -0.1) is 0 Å². The summed E-state index contributed by atoms with van der Waals surface area (Å²) in [4.78, 5) is 0. The molecule has 4 aromatic carbocycles. The van der Waals surface area contributed by atoms with Crippen LogP contribution in [0.4, 0.5) is 0 Å². The lowest BCUT2D eigenvalue weighted by Gasteiger charge is -2.11. The monoisotopic (exact) mass is 303 g/mol. The quantitative estimate of drug-likeness (QED) is 0.394. The van der Waals surface area contributed by atoms with Crippen LogP contribution in [0.5, 0.6) is 0 Å². The molecule has 0 spiro atoms. The Balaban J connectivity index is 2.04. The van der Waals surface area contributed by atoms with Gasteiger partial charge in [0.25, 0.3) is 0 Å². The molecule has 5 aromatic rings. The number of fused-ring (bicyclic) bond motifs is 4. The van der Waals surface area contributed by atoms with Crippen LogP contribution in [0.1, 0.15) is 0 Å². The predicted octanol–water partition coefficient (Wildman–Crippen LogP) is 4.73. The van der Waals surface area contributed by atoms with Crippen molar-refractivity contribution in [2.45, 2.75) is 0 Å². The molecule has 24 heavy (non-hydrogen) atoms. The first-order chi connectivity index (χ1) is 11.8. The molecule has 0 saturated heterocycles. The Hall–Kier alpha value is -3.00. The van der Waals surface area contributed by atoms with E-state index in [4.69, 9.17) is 7.85 Å². The molecule has 0 amide bonds. The molecule has 5 rings (SSSR count). The minimum absolute atomic E-state index is 0.822. The van der Waals surface area contributed by atoms with E-state index in [1.807, 2.05) is 12.1 Å². The molecule has 1 heterocycles. The SMILES string of the molecule is [B]c1cccc2c1c1ccccc1n2-c1cccc2ccccc12. The van der Waals surface area contributed by atoms with Crippen LogP contribution in [-0.4, -0.2) is 12.4 Å². The van der Waals surface area contributed by atoms with Crippen molar-refractivity contribution in [3.63, 3.8) is 0 Å². The van der Waals surface area contributed by atoms with Crippen molar-refractivity contribution in [2.75, 3.05) is 0 Å². The van der Waals surface area contributed by atoms with Crippen LogP contribution in [-0.2, 0) is 0 Å². The summed E-state index contributed by atoms with van der Waals surface area (Å²) in [6.45, 7) is 0. The molecule has 0 unspecified atom stereocenters. The number of para-hydroxylation sites is 1. The van der Waals surface area contributed by atoms with E-state index < -0.39 is 0 Å². The third-order valence-corrected chi connectivity index (χ3v) is 4.74. The van der Waals surface area contributed by atoms with Gasteiger partial charge in [-0.2, -0.15) is 0 Å². The van der Waals surface area contributed by atoms with Gasteiger partial charge in [0.1, 0.15) is 7.85 Å². The highest BCUT2D eigenvalue weighted by molar-refractivity contribution is 6.41. The van der Waals surface area contributed by atoms with Gasteiger partial charge in [-0.1, -0.05) is 72.2 Å². The van der Waals surface area contributed by atoms with Crippen LogP contribution in [0.15, 0.2) is 84.9 Å². The molecule has 0 aliphatic carbocycles. The minimum Gasteiger partial charge on any atom is -0.309 e. The van der Waals surface area contributed by atoms with Crippen LogP contribution < -0.4 is 5.46 Å². The van der Waals surface area contributed by atoms with Gasteiger partial charge in [0.15, 0.2) is 0 Å². The third kappa shape index (κ3) is 1.77. The largest absolute Gasteiger partial charge is 0.309 e. The summed E-state index contributed by atoms with van der Waals surface area (Å²) in [5.74, 6) is 0. The predicted molar refractivity (Wildman–Crippen MR) is 104 cm³/mol. The third-order valence-electron chi connectivity index (χ3n) is 4.74. The minimum atomic E-state index is 0.822. The summed E-state index contributed by atoms with van der Waals surface area (Å²) in [5, 5.41) is 4.80. The molecule has 2 radical (unpaired) electrons. The Morgan fingerprint density at radius 1 is 0.583 bits per heavy atom. The Labute approximate surface area is 141 Å². The normalized spacial score (nSPS) is 11.5. The molecule has 0 saturated carbocycles. The van der Waals surface area contributed by atoms with Gasteiger partial charge in [-0.3, -0.25) is 0 Å². The summed E-state index contributed by atoms with van der Waals surface area (Å²) in [6.07, 6.45) is 0. The molecule has 110 valence electrons.